The second-order valence-corrected chi connectivity index (χ2v) is 4.82. The largest absolute Gasteiger partial charge is 0.486 e. The van der Waals surface area contributed by atoms with Crippen LogP contribution in [-0.4, -0.2) is 29.6 Å². The Labute approximate surface area is 118 Å². The third-order valence-corrected chi connectivity index (χ3v) is 3.21. The van der Waals surface area contributed by atoms with Crippen molar-refractivity contribution in [3.63, 3.8) is 0 Å². The predicted octanol–water partition coefficient (Wildman–Crippen LogP) is 2.39. The third-order valence-electron chi connectivity index (χ3n) is 3.21. The minimum absolute atomic E-state index is 0.126. The molecule has 1 aromatic rings. The molecule has 1 aliphatic heterocycles. The number of pyridine rings is 1. The predicted molar refractivity (Wildman–Crippen MR) is 67.0 cm³/mol. The van der Waals surface area contributed by atoms with Crippen molar-refractivity contribution in [3.05, 3.63) is 28.1 Å². The van der Waals surface area contributed by atoms with Crippen LogP contribution in [-0.2, 0) is 6.18 Å². The molecule has 1 aliphatic rings. The number of halogens is 3. The number of hydrogen-bond acceptors (Lipinski definition) is 5. The first-order chi connectivity index (χ1) is 9.88. The van der Waals surface area contributed by atoms with Crippen molar-refractivity contribution in [2.45, 2.75) is 19.0 Å². The number of rotatable bonds is 4. The van der Waals surface area contributed by atoms with Crippen molar-refractivity contribution < 1.29 is 22.8 Å². The molecule has 0 spiro atoms. The van der Waals surface area contributed by atoms with E-state index in [4.69, 9.17) is 4.74 Å². The Morgan fingerprint density at radius 3 is 2.86 bits per heavy atom. The molecule has 21 heavy (non-hydrogen) atoms. The first-order valence-corrected chi connectivity index (χ1v) is 6.43. The molecule has 1 unspecified atom stereocenters. The van der Waals surface area contributed by atoms with Crippen LogP contribution in [0.4, 0.5) is 18.9 Å². The van der Waals surface area contributed by atoms with Crippen molar-refractivity contribution in [2.75, 3.05) is 19.7 Å². The molecular formula is C12H14F3N3O3. The molecule has 116 valence electrons. The summed E-state index contributed by atoms with van der Waals surface area (Å²) in [6.07, 6.45) is -2.27. The van der Waals surface area contributed by atoms with Gasteiger partial charge in [0.1, 0.15) is 11.9 Å². The summed E-state index contributed by atoms with van der Waals surface area (Å²) in [4.78, 5) is 13.1. The number of hydrogen-bond donors (Lipinski definition) is 1. The average molecular weight is 305 g/mol. The minimum Gasteiger partial charge on any atom is -0.486 e. The van der Waals surface area contributed by atoms with Gasteiger partial charge in [0.2, 0.25) is 5.75 Å². The summed E-state index contributed by atoms with van der Waals surface area (Å²) in [7, 11) is 0. The summed E-state index contributed by atoms with van der Waals surface area (Å²) in [5, 5.41) is 14.0. The fourth-order valence-corrected chi connectivity index (χ4v) is 2.11. The Balaban J connectivity index is 2.16. The van der Waals surface area contributed by atoms with Gasteiger partial charge in [-0.3, -0.25) is 10.1 Å². The lowest BCUT2D eigenvalue weighted by Crippen LogP contribution is -2.33. The van der Waals surface area contributed by atoms with Gasteiger partial charge in [-0.15, -0.1) is 0 Å². The maximum atomic E-state index is 12.6. The molecule has 0 radical (unpaired) electrons. The Kier molecular flexibility index (Phi) is 4.61. The van der Waals surface area contributed by atoms with Crippen molar-refractivity contribution in [1.29, 1.82) is 0 Å². The zero-order valence-electron chi connectivity index (χ0n) is 11.0. The molecule has 1 fully saturated rings. The molecule has 6 nitrogen and oxygen atoms in total. The highest BCUT2D eigenvalue weighted by atomic mass is 19.4. The van der Waals surface area contributed by atoms with Crippen LogP contribution < -0.4 is 10.1 Å². The van der Waals surface area contributed by atoms with Gasteiger partial charge in [0.15, 0.2) is 0 Å². The fraction of sp³-hybridized carbons (Fsp3) is 0.583. The van der Waals surface area contributed by atoms with Gasteiger partial charge >= 0.3 is 11.9 Å². The number of nitrogens with one attached hydrogen (secondary N) is 1. The molecular weight excluding hydrogens is 291 g/mol. The summed E-state index contributed by atoms with van der Waals surface area (Å²) in [5.41, 5.74) is -1.77. The second-order valence-electron chi connectivity index (χ2n) is 4.82. The first kappa shape index (κ1) is 15.5. The average Bonchev–Trinajstić information content (AvgIpc) is 2.45. The normalized spacial score (nSPS) is 19.3. The highest BCUT2D eigenvalue weighted by molar-refractivity contribution is 5.45. The van der Waals surface area contributed by atoms with Crippen LogP contribution in [0.1, 0.15) is 18.5 Å². The fourth-order valence-electron chi connectivity index (χ4n) is 2.11. The molecule has 1 aromatic heterocycles. The number of nitro groups is 1. The molecule has 1 N–H and O–H groups in total. The smallest absolute Gasteiger partial charge is 0.433 e. The Morgan fingerprint density at radius 1 is 1.52 bits per heavy atom. The van der Waals surface area contributed by atoms with Crippen molar-refractivity contribution in [2.24, 2.45) is 5.92 Å². The van der Waals surface area contributed by atoms with Gasteiger partial charge in [-0.05, 0) is 19.4 Å². The van der Waals surface area contributed by atoms with Crippen molar-refractivity contribution in [1.82, 2.24) is 10.3 Å². The van der Waals surface area contributed by atoms with Gasteiger partial charge in [-0.1, -0.05) is 0 Å². The van der Waals surface area contributed by atoms with Gasteiger partial charge in [-0.25, -0.2) is 4.98 Å². The third kappa shape index (κ3) is 4.03. The topological polar surface area (TPSA) is 77.3 Å². The van der Waals surface area contributed by atoms with E-state index in [1.165, 1.54) is 0 Å². The summed E-state index contributed by atoms with van der Waals surface area (Å²) in [6.45, 7) is 1.71. The minimum atomic E-state index is -4.67. The van der Waals surface area contributed by atoms with Crippen molar-refractivity contribution >= 4 is 5.69 Å². The summed E-state index contributed by atoms with van der Waals surface area (Å²) in [5.74, 6) is -0.270. The first-order valence-electron chi connectivity index (χ1n) is 6.43. The zero-order valence-corrected chi connectivity index (χ0v) is 11.0. The number of nitrogens with zero attached hydrogens (tertiary/aromatic N) is 2. The van der Waals surface area contributed by atoms with Gasteiger partial charge in [0, 0.05) is 18.5 Å². The molecule has 1 saturated heterocycles. The number of ether oxygens (including phenoxy) is 1. The Hall–Kier alpha value is -1.90. The van der Waals surface area contributed by atoms with Crippen LogP contribution in [0.2, 0.25) is 0 Å². The van der Waals surface area contributed by atoms with Crippen LogP contribution in [0.3, 0.4) is 0 Å². The molecule has 0 aliphatic carbocycles. The lowest BCUT2D eigenvalue weighted by molar-refractivity contribution is -0.386. The number of alkyl halides is 3. The molecule has 0 amide bonds. The van der Waals surface area contributed by atoms with Gasteiger partial charge in [0.05, 0.1) is 11.5 Å². The van der Waals surface area contributed by atoms with Gasteiger partial charge in [-0.2, -0.15) is 13.2 Å². The van der Waals surface area contributed by atoms with E-state index in [9.17, 15) is 23.3 Å². The van der Waals surface area contributed by atoms with Crippen LogP contribution in [0.15, 0.2) is 12.3 Å². The van der Waals surface area contributed by atoms with E-state index in [1.54, 1.807) is 0 Å². The monoisotopic (exact) mass is 305 g/mol. The summed E-state index contributed by atoms with van der Waals surface area (Å²) < 4.78 is 43.0. The van der Waals surface area contributed by atoms with Crippen LogP contribution >= 0.6 is 0 Å². The van der Waals surface area contributed by atoms with Gasteiger partial charge < -0.3 is 10.1 Å². The van der Waals surface area contributed by atoms with E-state index >= 15 is 0 Å². The molecule has 0 aromatic carbocycles. The van der Waals surface area contributed by atoms with E-state index in [1.807, 2.05) is 0 Å². The van der Waals surface area contributed by atoms with Crippen LogP contribution in [0.25, 0.3) is 0 Å². The lowest BCUT2D eigenvalue weighted by atomic mass is 10.0. The highest BCUT2D eigenvalue weighted by Gasteiger charge is 2.35. The van der Waals surface area contributed by atoms with E-state index in [-0.39, 0.29) is 12.5 Å². The zero-order chi connectivity index (χ0) is 15.5. The quantitative estimate of drug-likeness (QED) is 0.682. The Morgan fingerprint density at radius 2 is 2.29 bits per heavy atom. The van der Waals surface area contributed by atoms with Crippen LogP contribution in [0, 0.1) is 16.0 Å². The molecule has 0 saturated carbocycles. The molecule has 1 atom stereocenters. The van der Waals surface area contributed by atoms with E-state index in [0.29, 0.717) is 18.8 Å². The van der Waals surface area contributed by atoms with Crippen LogP contribution in [0.5, 0.6) is 5.75 Å². The number of aromatic nitrogens is 1. The van der Waals surface area contributed by atoms with Gasteiger partial charge in [0.25, 0.3) is 0 Å². The van der Waals surface area contributed by atoms with Crippen molar-refractivity contribution in [3.8, 4) is 5.75 Å². The summed E-state index contributed by atoms with van der Waals surface area (Å²) in [6, 6.07) is 0.578. The Bertz CT molecular complexity index is 516. The molecule has 2 rings (SSSR count). The van der Waals surface area contributed by atoms with E-state index < -0.39 is 28.2 Å². The maximum Gasteiger partial charge on any atom is 0.433 e. The second kappa shape index (κ2) is 6.25. The SMILES string of the molecule is O=[N+]([O-])c1cnc(C(F)(F)F)cc1OCC1CCCNC1. The van der Waals surface area contributed by atoms with E-state index in [2.05, 4.69) is 10.3 Å². The highest BCUT2D eigenvalue weighted by Crippen LogP contribution is 2.34. The molecule has 9 heteroatoms. The number of piperidine rings is 1. The standard InChI is InChI=1S/C12H14F3N3O3/c13-12(14,15)11-4-10(9(6-17-11)18(19)20)21-7-8-2-1-3-16-5-8/h4,6,8,16H,1-3,5,7H2. The molecule has 0 bridgehead atoms. The molecule has 2 heterocycles. The van der Waals surface area contributed by atoms with E-state index in [0.717, 1.165) is 19.4 Å². The summed E-state index contributed by atoms with van der Waals surface area (Å²) >= 11 is 0. The lowest BCUT2D eigenvalue weighted by Gasteiger charge is -2.22. The maximum absolute atomic E-state index is 12.6.